The summed E-state index contributed by atoms with van der Waals surface area (Å²) in [6.07, 6.45) is 0.367. The average Bonchev–Trinajstić information content (AvgIpc) is 2.51. The van der Waals surface area contributed by atoms with Gasteiger partial charge < -0.3 is 14.4 Å². The number of carbonyl (C=O) groups is 2. The van der Waals surface area contributed by atoms with Crippen LogP contribution in [0.15, 0.2) is 18.2 Å². The molecule has 1 aliphatic rings. The highest BCUT2D eigenvalue weighted by atomic mass is 16.6. The number of morpholine rings is 1. The minimum Gasteiger partial charge on any atom is -0.483 e. The predicted octanol–water partition coefficient (Wildman–Crippen LogP) is 1.42. The molecule has 1 heterocycles. The lowest BCUT2D eigenvalue weighted by molar-refractivity contribution is -0.384. The van der Waals surface area contributed by atoms with E-state index >= 15 is 0 Å². The van der Waals surface area contributed by atoms with Gasteiger partial charge in [0.05, 0.1) is 22.7 Å². The second-order valence-electron chi connectivity index (χ2n) is 5.44. The Morgan fingerprint density at radius 2 is 2.09 bits per heavy atom. The van der Waals surface area contributed by atoms with Crippen molar-refractivity contribution in [2.75, 3.05) is 19.7 Å². The Morgan fingerprint density at radius 3 is 2.65 bits per heavy atom. The summed E-state index contributed by atoms with van der Waals surface area (Å²) < 4.78 is 10.9. The normalized spacial score (nSPS) is 20.9. The number of aldehydes is 1. The molecular formula is C15H18N2O6. The van der Waals surface area contributed by atoms with Crippen LogP contribution in [0.5, 0.6) is 5.75 Å². The summed E-state index contributed by atoms with van der Waals surface area (Å²) in [4.78, 5) is 34.9. The van der Waals surface area contributed by atoms with Crippen molar-refractivity contribution in [1.82, 2.24) is 4.90 Å². The van der Waals surface area contributed by atoms with Gasteiger partial charge in [-0.05, 0) is 19.9 Å². The Morgan fingerprint density at radius 1 is 1.43 bits per heavy atom. The Balaban J connectivity index is 2.01. The summed E-state index contributed by atoms with van der Waals surface area (Å²) in [6.45, 7) is 4.49. The summed E-state index contributed by atoms with van der Waals surface area (Å²) in [5.41, 5.74) is -0.169. The molecule has 8 nitrogen and oxygen atoms in total. The zero-order valence-corrected chi connectivity index (χ0v) is 12.9. The van der Waals surface area contributed by atoms with E-state index in [1.54, 1.807) is 4.90 Å². The second-order valence-corrected chi connectivity index (χ2v) is 5.44. The molecule has 0 spiro atoms. The molecular weight excluding hydrogens is 304 g/mol. The van der Waals surface area contributed by atoms with Crippen LogP contribution in [0.25, 0.3) is 0 Å². The van der Waals surface area contributed by atoms with E-state index in [1.807, 2.05) is 13.8 Å². The Bertz CT molecular complexity index is 608. The number of ether oxygens (including phenoxy) is 2. The summed E-state index contributed by atoms with van der Waals surface area (Å²) in [7, 11) is 0. The molecule has 1 aromatic rings. The highest BCUT2D eigenvalue weighted by molar-refractivity contribution is 5.82. The molecule has 1 aromatic carbocycles. The smallest absolute Gasteiger partial charge is 0.270 e. The van der Waals surface area contributed by atoms with Crippen LogP contribution in [-0.4, -0.2) is 53.9 Å². The molecule has 8 heteroatoms. The third-order valence-electron chi connectivity index (χ3n) is 3.45. The number of nitro benzene ring substituents is 1. The van der Waals surface area contributed by atoms with Gasteiger partial charge in [0, 0.05) is 25.2 Å². The van der Waals surface area contributed by atoms with Gasteiger partial charge in [-0.2, -0.15) is 0 Å². The van der Waals surface area contributed by atoms with E-state index in [1.165, 1.54) is 12.1 Å². The number of rotatable bonds is 5. The van der Waals surface area contributed by atoms with Crippen molar-refractivity contribution in [2.45, 2.75) is 26.1 Å². The second kappa shape index (κ2) is 7.19. The van der Waals surface area contributed by atoms with E-state index in [2.05, 4.69) is 0 Å². The summed E-state index contributed by atoms with van der Waals surface area (Å²) in [6, 6.07) is 3.66. The Labute approximate surface area is 133 Å². The molecule has 23 heavy (non-hydrogen) atoms. The molecule has 2 rings (SSSR count). The van der Waals surface area contributed by atoms with Crippen molar-refractivity contribution in [3.8, 4) is 5.75 Å². The molecule has 0 N–H and O–H groups in total. The van der Waals surface area contributed by atoms with Gasteiger partial charge in [0.1, 0.15) is 5.75 Å². The van der Waals surface area contributed by atoms with Gasteiger partial charge in [0.25, 0.3) is 11.6 Å². The minimum absolute atomic E-state index is 0.0377. The first-order valence-electron chi connectivity index (χ1n) is 7.20. The molecule has 1 saturated heterocycles. The number of benzene rings is 1. The average molecular weight is 322 g/mol. The first-order valence-corrected chi connectivity index (χ1v) is 7.20. The maximum Gasteiger partial charge on any atom is 0.270 e. The quantitative estimate of drug-likeness (QED) is 0.462. The van der Waals surface area contributed by atoms with Crippen molar-refractivity contribution in [3.05, 3.63) is 33.9 Å². The SMILES string of the molecule is C[C@H]1CN(C(=O)COc2ccc([N+](=O)[O-])cc2C=O)C[C@H](C)O1. The Kier molecular flexibility index (Phi) is 5.28. The van der Waals surface area contributed by atoms with Gasteiger partial charge in [-0.25, -0.2) is 0 Å². The zero-order valence-electron chi connectivity index (χ0n) is 12.9. The van der Waals surface area contributed by atoms with Crippen LogP contribution >= 0.6 is 0 Å². The number of carbonyl (C=O) groups excluding carboxylic acids is 2. The lowest BCUT2D eigenvalue weighted by atomic mass is 10.2. The molecule has 1 fully saturated rings. The van der Waals surface area contributed by atoms with Gasteiger partial charge in [-0.3, -0.25) is 19.7 Å². The van der Waals surface area contributed by atoms with Crippen molar-refractivity contribution in [1.29, 1.82) is 0 Å². The van der Waals surface area contributed by atoms with Crippen LogP contribution in [0.1, 0.15) is 24.2 Å². The molecule has 1 amide bonds. The highest BCUT2D eigenvalue weighted by Crippen LogP contribution is 2.23. The van der Waals surface area contributed by atoms with E-state index in [9.17, 15) is 19.7 Å². The fourth-order valence-corrected chi connectivity index (χ4v) is 2.49. The molecule has 1 aliphatic heterocycles. The lowest BCUT2D eigenvalue weighted by Crippen LogP contribution is -2.49. The number of hydrogen-bond acceptors (Lipinski definition) is 6. The molecule has 0 aliphatic carbocycles. The summed E-state index contributed by atoms with van der Waals surface area (Å²) >= 11 is 0. The van der Waals surface area contributed by atoms with Gasteiger partial charge in [-0.1, -0.05) is 0 Å². The minimum atomic E-state index is -0.599. The van der Waals surface area contributed by atoms with Crippen LogP contribution in [0.4, 0.5) is 5.69 Å². The highest BCUT2D eigenvalue weighted by Gasteiger charge is 2.26. The molecule has 0 bridgehead atoms. The number of nitrogens with zero attached hydrogens (tertiary/aromatic N) is 2. The summed E-state index contributed by atoms with van der Waals surface area (Å²) in [5.74, 6) is -0.0736. The molecule has 0 unspecified atom stereocenters. The largest absolute Gasteiger partial charge is 0.483 e. The maximum atomic E-state index is 12.2. The van der Waals surface area contributed by atoms with E-state index in [0.29, 0.717) is 19.4 Å². The molecule has 2 atom stereocenters. The predicted molar refractivity (Wildman–Crippen MR) is 80.6 cm³/mol. The molecule has 0 saturated carbocycles. The van der Waals surface area contributed by atoms with Crippen molar-refractivity contribution >= 4 is 17.9 Å². The lowest BCUT2D eigenvalue weighted by Gasteiger charge is -2.35. The van der Waals surface area contributed by atoms with Crippen molar-refractivity contribution in [3.63, 3.8) is 0 Å². The van der Waals surface area contributed by atoms with E-state index in [-0.39, 0.29) is 41.7 Å². The van der Waals surface area contributed by atoms with E-state index < -0.39 is 4.92 Å². The zero-order chi connectivity index (χ0) is 17.0. The van der Waals surface area contributed by atoms with Gasteiger partial charge in [0.15, 0.2) is 12.9 Å². The number of amides is 1. The monoisotopic (exact) mass is 322 g/mol. The third kappa shape index (κ3) is 4.26. The van der Waals surface area contributed by atoms with E-state index in [0.717, 1.165) is 6.07 Å². The Hall–Kier alpha value is -2.48. The first kappa shape index (κ1) is 16.9. The van der Waals surface area contributed by atoms with Gasteiger partial charge >= 0.3 is 0 Å². The topological polar surface area (TPSA) is 99.0 Å². The van der Waals surface area contributed by atoms with Crippen molar-refractivity contribution < 1.29 is 24.0 Å². The van der Waals surface area contributed by atoms with Crippen LogP contribution in [0, 0.1) is 10.1 Å². The summed E-state index contributed by atoms with van der Waals surface area (Å²) in [5, 5.41) is 10.7. The van der Waals surface area contributed by atoms with Crippen LogP contribution < -0.4 is 4.74 Å². The molecule has 0 aromatic heterocycles. The van der Waals surface area contributed by atoms with Gasteiger partial charge in [-0.15, -0.1) is 0 Å². The van der Waals surface area contributed by atoms with Crippen LogP contribution in [0.3, 0.4) is 0 Å². The fourth-order valence-electron chi connectivity index (χ4n) is 2.49. The number of nitro groups is 1. The van der Waals surface area contributed by atoms with Crippen molar-refractivity contribution in [2.24, 2.45) is 0 Å². The number of hydrogen-bond donors (Lipinski definition) is 0. The maximum absolute atomic E-state index is 12.2. The van der Waals surface area contributed by atoms with Crippen LogP contribution in [0.2, 0.25) is 0 Å². The van der Waals surface area contributed by atoms with Gasteiger partial charge in [0.2, 0.25) is 0 Å². The van der Waals surface area contributed by atoms with E-state index in [4.69, 9.17) is 9.47 Å². The number of non-ortho nitro benzene ring substituents is 1. The fraction of sp³-hybridized carbons (Fsp3) is 0.467. The molecule has 0 radical (unpaired) electrons. The third-order valence-corrected chi connectivity index (χ3v) is 3.45. The first-order chi connectivity index (χ1) is 10.9. The molecule has 124 valence electrons. The van der Waals surface area contributed by atoms with Crippen LogP contribution in [-0.2, 0) is 9.53 Å². The standard InChI is InChI=1S/C15H18N2O6/c1-10-6-16(7-11(2)23-10)15(19)9-22-14-4-3-13(17(20)21)5-12(14)8-18/h3-5,8,10-11H,6-7,9H2,1-2H3/t10-,11-/m0/s1.